The van der Waals surface area contributed by atoms with Gasteiger partial charge in [0.25, 0.3) is 0 Å². The van der Waals surface area contributed by atoms with E-state index in [1.807, 2.05) is 30.3 Å². The highest BCUT2D eigenvalue weighted by molar-refractivity contribution is 5.88. The minimum Gasteiger partial charge on any atom is -0.368 e. The van der Waals surface area contributed by atoms with Gasteiger partial charge in [0.05, 0.1) is 12.5 Å². The zero-order valence-electron chi connectivity index (χ0n) is 16.9. The predicted octanol–water partition coefficient (Wildman–Crippen LogP) is 2.25. The number of carbonyl (C=O) groups is 3. The van der Waals surface area contributed by atoms with Gasteiger partial charge in [-0.15, -0.1) is 0 Å². The van der Waals surface area contributed by atoms with E-state index in [1.165, 1.54) is 17.9 Å². The average Bonchev–Trinajstić information content (AvgIpc) is 3.42. The van der Waals surface area contributed by atoms with Gasteiger partial charge in [-0.2, -0.15) is 0 Å². The Balaban J connectivity index is 1.67. The van der Waals surface area contributed by atoms with E-state index in [4.69, 9.17) is 10.6 Å². The van der Waals surface area contributed by atoms with Gasteiger partial charge in [0, 0.05) is 6.54 Å². The predicted molar refractivity (Wildman–Crippen MR) is 108 cm³/mol. The topological polar surface area (TPSA) is 92.9 Å². The monoisotopic (exact) mass is 401 g/mol. The second-order valence-corrected chi connectivity index (χ2v) is 8.14. The molecule has 7 heteroatoms. The molecule has 3 amide bonds. The molecular weight excluding hydrogens is 370 g/mol. The first-order valence-corrected chi connectivity index (χ1v) is 10.6. The molecule has 7 nitrogen and oxygen atoms in total. The van der Waals surface area contributed by atoms with Crippen molar-refractivity contribution >= 4 is 18.2 Å². The SMILES string of the molecule is NC(=O)C1CCCN1C(=O)C(CC1CCCC1)CN(C=O)OCc1ccccc1. The van der Waals surface area contributed by atoms with Crippen LogP contribution < -0.4 is 5.73 Å². The van der Waals surface area contributed by atoms with Crippen molar-refractivity contribution in [2.24, 2.45) is 17.6 Å². The molecule has 0 radical (unpaired) electrons. The molecule has 0 bridgehead atoms. The highest BCUT2D eigenvalue weighted by atomic mass is 16.7. The summed E-state index contributed by atoms with van der Waals surface area (Å²) < 4.78 is 0. The lowest BCUT2D eigenvalue weighted by molar-refractivity contribution is -0.183. The second kappa shape index (κ2) is 10.4. The number of rotatable bonds is 10. The van der Waals surface area contributed by atoms with Crippen LogP contribution in [-0.4, -0.2) is 47.3 Å². The summed E-state index contributed by atoms with van der Waals surface area (Å²) in [6, 6.07) is 9.05. The summed E-state index contributed by atoms with van der Waals surface area (Å²) in [5.41, 5.74) is 6.46. The van der Waals surface area contributed by atoms with Crippen LogP contribution in [0.3, 0.4) is 0 Å². The smallest absolute Gasteiger partial charge is 0.240 e. The van der Waals surface area contributed by atoms with Crippen molar-refractivity contribution in [3.63, 3.8) is 0 Å². The van der Waals surface area contributed by atoms with Crippen LogP contribution in [0.5, 0.6) is 0 Å². The van der Waals surface area contributed by atoms with E-state index in [9.17, 15) is 14.4 Å². The van der Waals surface area contributed by atoms with Crippen LogP contribution in [0.2, 0.25) is 0 Å². The fourth-order valence-electron chi connectivity index (χ4n) is 4.54. The van der Waals surface area contributed by atoms with Crippen molar-refractivity contribution in [2.45, 2.75) is 57.6 Å². The highest BCUT2D eigenvalue weighted by Crippen LogP contribution is 2.32. The number of primary amides is 1. The molecule has 2 unspecified atom stereocenters. The van der Waals surface area contributed by atoms with E-state index in [2.05, 4.69) is 0 Å². The number of likely N-dealkylation sites (tertiary alicyclic amines) is 1. The maximum Gasteiger partial charge on any atom is 0.240 e. The van der Waals surface area contributed by atoms with E-state index < -0.39 is 11.9 Å². The maximum absolute atomic E-state index is 13.3. The average molecular weight is 402 g/mol. The summed E-state index contributed by atoms with van der Waals surface area (Å²) >= 11 is 0. The number of nitrogens with two attached hydrogens (primary N) is 1. The standard InChI is InChI=1S/C22H31N3O4/c23-21(27)20-11-6-12-25(20)22(28)19(13-17-7-4-5-8-17)14-24(16-26)29-15-18-9-2-1-3-10-18/h1-3,9-10,16-17,19-20H,4-8,11-15H2,(H2,23,27). The van der Waals surface area contributed by atoms with Gasteiger partial charge in [0.2, 0.25) is 18.2 Å². The van der Waals surface area contributed by atoms with Crippen LogP contribution in [0, 0.1) is 11.8 Å². The van der Waals surface area contributed by atoms with Crippen LogP contribution in [0.4, 0.5) is 0 Å². The molecular formula is C22H31N3O4. The lowest BCUT2D eigenvalue weighted by atomic mass is 9.91. The number of amides is 3. The van der Waals surface area contributed by atoms with Gasteiger partial charge >= 0.3 is 0 Å². The molecule has 1 saturated carbocycles. The number of carbonyl (C=O) groups excluding carboxylic acids is 3. The van der Waals surface area contributed by atoms with E-state index in [1.54, 1.807) is 4.90 Å². The molecule has 1 aromatic carbocycles. The van der Waals surface area contributed by atoms with Gasteiger partial charge < -0.3 is 10.6 Å². The summed E-state index contributed by atoms with van der Waals surface area (Å²) in [5, 5.41) is 1.22. The number of hydroxylamine groups is 2. The van der Waals surface area contributed by atoms with Gasteiger partial charge in [-0.25, -0.2) is 5.06 Å². The largest absolute Gasteiger partial charge is 0.368 e. The number of nitrogens with zero attached hydrogens (tertiary/aromatic N) is 2. The van der Waals surface area contributed by atoms with Crippen LogP contribution in [0.25, 0.3) is 0 Å². The summed E-state index contributed by atoms with van der Waals surface area (Å²) in [5.74, 6) is -0.461. The van der Waals surface area contributed by atoms with E-state index in [0.29, 0.717) is 31.7 Å². The summed E-state index contributed by atoms with van der Waals surface area (Å²) in [7, 11) is 0. The van der Waals surface area contributed by atoms with Crippen LogP contribution in [0.15, 0.2) is 30.3 Å². The second-order valence-electron chi connectivity index (χ2n) is 8.14. The molecule has 1 aliphatic carbocycles. The number of benzene rings is 1. The van der Waals surface area contributed by atoms with Crippen molar-refractivity contribution < 1.29 is 19.2 Å². The molecule has 3 rings (SSSR count). The molecule has 2 fully saturated rings. The third-order valence-electron chi connectivity index (χ3n) is 6.06. The fraction of sp³-hybridized carbons (Fsp3) is 0.591. The van der Waals surface area contributed by atoms with Gasteiger partial charge in [0.1, 0.15) is 12.6 Å². The van der Waals surface area contributed by atoms with E-state index in [-0.39, 0.29) is 25.0 Å². The van der Waals surface area contributed by atoms with Crippen LogP contribution >= 0.6 is 0 Å². The molecule has 1 saturated heterocycles. The Morgan fingerprint density at radius 2 is 1.90 bits per heavy atom. The van der Waals surface area contributed by atoms with Crippen molar-refractivity contribution in [3.05, 3.63) is 35.9 Å². The zero-order chi connectivity index (χ0) is 20.6. The van der Waals surface area contributed by atoms with Crippen molar-refractivity contribution in [1.29, 1.82) is 0 Å². The molecule has 1 aliphatic heterocycles. The maximum atomic E-state index is 13.3. The molecule has 1 heterocycles. The van der Waals surface area contributed by atoms with Crippen molar-refractivity contribution in [1.82, 2.24) is 9.96 Å². The normalized spacial score (nSPS) is 20.6. The van der Waals surface area contributed by atoms with Gasteiger partial charge in [-0.1, -0.05) is 56.0 Å². The Morgan fingerprint density at radius 3 is 2.55 bits per heavy atom. The summed E-state index contributed by atoms with van der Waals surface area (Å²) in [6.45, 7) is 0.991. The molecule has 29 heavy (non-hydrogen) atoms. The molecule has 0 spiro atoms. The Morgan fingerprint density at radius 1 is 1.17 bits per heavy atom. The summed E-state index contributed by atoms with van der Waals surface area (Å²) in [6.07, 6.45) is 7.30. The Bertz CT molecular complexity index is 691. The van der Waals surface area contributed by atoms with Gasteiger partial charge in [-0.3, -0.25) is 19.2 Å². The fourth-order valence-corrected chi connectivity index (χ4v) is 4.54. The first-order chi connectivity index (χ1) is 14.1. The lowest BCUT2D eigenvalue weighted by Gasteiger charge is -2.30. The van der Waals surface area contributed by atoms with Crippen molar-refractivity contribution in [3.8, 4) is 0 Å². The first-order valence-electron chi connectivity index (χ1n) is 10.6. The minimum absolute atomic E-state index is 0.0895. The Labute approximate surface area is 172 Å². The highest BCUT2D eigenvalue weighted by Gasteiger charge is 2.37. The molecule has 2 atom stereocenters. The van der Waals surface area contributed by atoms with Crippen LogP contribution in [0.1, 0.15) is 50.5 Å². The Kier molecular flexibility index (Phi) is 7.63. The summed E-state index contributed by atoms with van der Waals surface area (Å²) in [4.78, 5) is 43.9. The molecule has 158 valence electrons. The van der Waals surface area contributed by atoms with Crippen LogP contribution in [-0.2, 0) is 25.8 Å². The molecule has 1 aromatic rings. The molecule has 2 N–H and O–H groups in total. The number of hydrogen-bond donors (Lipinski definition) is 1. The zero-order valence-corrected chi connectivity index (χ0v) is 16.9. The third kappa shape index (κ3) is 5.79. The van der Waals surface area contributed by atoms with Crippen molar-refractivity contribution in [2.75, 3.05) is 13.1 Å². The number of hydrogen-bond acceptors (Lipinski definition) is 4. The Hall–Kier alpha value is -2.41. The third-order valence-corrected chi connectivity index (χ3v) is 6.06. The van der Waals surface area contributed by atoms with Gasteiger partial charge in [0.15, 0.2) is 0 Å². The molecule has 0 aromatic heterocycles. The minimum atomic E-state index is -0.538. The van der Waals surface area contributed by atoms with E-state index >= 15 is 0 Å². The lowest BCUT2D eigenvalue weighted by Crippen LogP contribution is -2.48. The first kappa shape index (κ1) is 21.3. The van der Waals surface area contributed by atoms with Gasteiger partial charge in [-0.05, 0) is 30.7 Å². The molecule has 2 aliphatic rings. The van der Waals surface area contributed by atoms with E-state index in [0.717, 1.165) is 24.8 Å². The quantitative estimate of drug-likeness (QED) is 0.481.